The molecule has 0 N–H and O–H groups in total. The van der Waals surface area contributed by atoms with Crippen LogP contribution in [0.15, 0.2) is 0 Å². The maximum Gasteiger partial charge on any atom is 0.0757 e. The second-order valence-corrected chi connectivity index (χ2v) is 25.7. The van der Waals surface area contributed by atoms with E-state index in [-0.39, 0.29) is 0 Å². The van der Waals surface area contributed by atoms with Gasteiger partial charge in [-0.3, -0.25) is 0 Å². The molecule has 3 aliphatic rings. The summed E-state index contributed by atoms with van der Waals surface area (Å²) in [6.07, 6.45) is 13.1. The van der Waals surface area contributed by atoms with E-state index >= 15 is 0 Å². The van der Waals surface area contributed by atoms with Crippen LogP contribution >= 0.6 is 30.9 Å². The van der Waals surface area contributed by atoms with Gasteiger partial charge in [0.2, 0.25) is 0 Å². The lowest BCUT2D eigenvalue weighted by Crippen LogP contribution is -2.00. The largest absolute Gasteiger partial charge is 0.0757 e. The molecule has 0 nitrogen and oxygen atoms in total. The lowest BCUT2D eigenvalue weighted by atomic mass is 10.1. The second kappa shape index (κ2) is 5.33. The third-order valence-electron chi connectivity index (χ3n) is 2.85. The third kappa shape index (κ3) is 2.69. The number of hydrogen-bond acceptors (Lipinski definition) is 4. The van der Waals surface area contributed by atoms with E-state index in [1.165, 1.54) is 23.2 Å². The summed E-state index contributed by atoms with van der Waals surface area (Å²) in [5, 5.41) is 0. The molecule has 94 valence electrons. The van der Waals surface area contributed by atoms with Crippen LogP contribution < -0.4 is 0 Å². The molecule has 10 radical (unpaired) electrons. The Kier molecular flexibility index (Phi) is 4.41. The predicted molar refractivity (Wildman–Crippen MR) is 93.9 cm³/mol. The van der Waals surface area contributed by atoms with Crippen LogP contribution in [0.4, 0.5) is 0 Å². The van der Waals surface area contributed by atoms with Gasteiger partial charge in [-0.1, -0.05) is 59.5 Å². The van der Waals surface area contributed by atoms with Crippen LogP contribution in [0.2, 0.25) is 0 Å². The molecular formula is C12H12P2S4. The molecule has 0 amide bonds. The Morgan fingerprint density at radius 1 is 0.778 bits per heavy atom. The summed E-state index contributed by atoms with van der Waals surface area (Å²) in [6.45, 7) is 4.24. The average Bonchev–Trinajstić information content (AvgIpc) is 2.85. The van der Waals surface area contributed by atoms with Gasteiger partial charge in [-0.05, 0) is 50.4 Å². The minimum absolute atomic E-state index is 1.31. The molecule has 3 rings (SSSR count). The molecule has 0 bridgehead atoms. The van der Waals surface area contributed by atoms with Crippen LogP contribution in [0.5, 0.6) is 0 Å². The minimum Gasteiger partial charge on any atom is -0.0730 e. The highest BCUT2D eigenvalue weighted by Gasteiger charge is 2.54. The van der Waals surface area contributed by atoms with Crippen molar-refractivity contribution in [2.24, 2.45) is 0 Å². The van der Waals surface area contributed by atoms with Gasteiger partial charge in [-0.25, -0.2) is 0 Å². The van der Waals surface area contributed by atoms with Gasteiger partial charge < -0.3 is 0 Å². The normalized spacial score (nSPS) is 44.6. The summed E-state index contributed by atoms with van der Waals surface area (Å²) in [4.78, 5) is 0. The fourth-order valence-corrected chi connectivity index (χ4v) is 44.2. The topological polar surface area (TPSA) is 0 Å². The summed E-state index contributed by atoms with van der Waals surface area (Å²) in [7, 11) is 0. The van der Waals surface area contributed by atoms with Gasteiger partial charge >= 0.3 is 0 Å². The first-order valence-corrected chi connectivity index (χ1v) is 15.2. The molecule has 2 aliphatic carbocycles. The van der Waals surface area contributed by atoms with Crippen molar-refractivity contribution in [2.75, 3.05) is 0 Å². The quantitative estimate of drug-likeness (QED) is 0.597. The highest BCUT2D eigenvalue weighted by atomic mass is 33.7. The predicted octanol–water partition coefficient (Wildman–Crippen LogP) is 5.59. The van der Waals surface area contributed by atoms with Crippen LogP contribution in [-0.4, -0.2) is 0 Å². The molecule has 0 unspecified atom stereocenters. The van der Waals surface area contributed by atoms with E-state index in [1.54, 1.807) is 0 Å². The number of rotatable bonds is 2. The van der Waals surface area contributed by atoms with Crippen LogP contribution in [0, 0.1) is 61.7 Å². The molecule has 2 saturated carbocycles. The highest BCUT2D eigenvalue weighted by Crippen LogP contribution is 3.11. The zero-order valence-corrected chi connectivity index (χ0v) is 15.0. The molecule has 0 aromatic rings. The molecule has 1 heterocycles. The van der Waals surface area contributed by atoms with Crippen molar-refractivity contribution in [3.8, 4) is 0 Å². The second-order valence-electron chi connectivity index (χ2n) is 4.45. The Morgan fingerprint density at radius 3 is 1.44 bits per heavy atom. The van der Waals surface area contributed by atoms with Gasteiger partial charge in [0.1, 0.15) is 0 Å². The Hall–Kier alpha value is 2.00. The Labute approximate surface area is 129 Å². The lowest BCUT2D eigenvalue weighted by Gasteiger charge is -2.45. The maximum absolute atomic E-state index is 5.87. The average molecular weight is 346 g/mol. The molecule has 3 fully saturated rings. The van der Waals surface area contributed by atoms with Crippen molar-refractivity contribution in [3.63, 3.8) is 0 Å². The molecule has 0 aromatic carbocycles. The first-order valence-electron chi connectivity index (χ1n) is 5.52. The molecule has 0 aromatic heterocycles. The lowest BCUT2D eigenvalue weighted by molar-refractivity contribution is 1.24. The van der Waals surface area contributed by atoms with Crippen LogP contribution in [0.25, 0.3) is 0 Å². The van der Waals surface area contributed by atoms with E-state index in [4.69, 9.17) is 23.6 Å². The van der Waals surface area contributed by atoms with E-state index in [9.17, 15) is 0 Å². The molecule has 1 saturated heterocycles. The van der Waals surface area contributed by atoms with Gasteiger partial charge in [0.05, 0.1) is 8.88 Å². The van der Waals surface area contributed by atoms with Crippen molar-refractivity contribution >= 4 is 54.5 Å². The minimum atomic E-state index is -1.49. The van der Waals surface area contributed by atoms with Gasteiger partial charge in [-0.2, -0.15) is 0 Å². The molecular weight excluding hydrogens is 334 g/mol. The van der Waals surface area contributed by atoms with Gasteiger partial charge in [0.15, 0.2) is 0 Å². The van der Waals surface area contributed by atoms with Crippen LogP contribution in [-0.2, 0) is 23.6 Å². The van der Waals surface area contributed by atoms with Crippen LogP contribution in [0.3, 0.4) is 0 Å². The fourth-order valence-electron chi connectivity index (χ4n) is 1.91. The van der Waals surface area contributed by atoms with Crippen LogP contribution in [0.1, 0.15) is 13.8 Å². The van der Waals surface area contributed by atoms with E-state index < -0.39 is 8.88 Å². The van der Waals surface area contributed by atoms with Crippen molar-refractivity contribution in [3.05, 3.63) is 61.7 Å². The van der Waals surface area contributed by atoms with Crippen molar-refractivity contribution in [1.82, 2.24) is 0 Å². The molecule has 18 heavy (non-hydrogen) atoms. The Morgan fingerprint density at radius 2 is 1.17 bits per heavy atom. The SMILES string of the molecule is C[C]1[CH][CH][C](P2(=S)SP(=S)([C]3[CH][CH][C](C)[CH]3)S2)[CH]1. The first-order chi connectivity index (χ1) is 8.41. The van der Waals surface area contributed by atoms with Crippen molar-refractivity contribution in [1.29, 1.82) is 0 Å². The molecule has 0 spiro atoms. The molecule has 6 heteroatoms. The molecule has 1 aliphatic heterocycles. The highest BCUT2D eigenvalue weighted by molar-refractivity contribution is 9.47. The number of hydrogen-bond donors (Lipinski definition) is 0. The summed E-state index contributed by atoms with van der Waals surface area (Å²) >= 11 is 15.6. The summed E-state index contributed by atoms with van der Waals surface area (Å²) < 4.78 is -2.98. The smallest absolute Gasteiger partial charge is 0.0730 e. The summed E-state index contributed by atoms with van der Waals surface area (Å²) in [6, 6.07) is 0. The monoisotopic (exact) mass is 346 g/mol. The first kappa shape index (κ1) is 14.9. The van der Waals surface area contributed by atoms with E-state index in [1.807, 2.05) is 22.0 Å². The van der Waals surface area contributed by atoms with E-state index in [2.05, 4.69) is 52.4 Å². The van der Waals surface area contributed by atoms with E-state index in [0.29, 0.717) is 0 Å². The van der Waals surface area contributed by atoms with Gasteiger partial charge in [0, 0.05) is 11.3 Å². The molecule has 0 atom stereocenters. The fraction of sp³-hybridized carbons (Fsp3) is 0.167. The van der Waals surface area contributed by atoms with E-state index in [0.717, 1.165) is 0 Å². The van der Waals surface area contributed by atoms with Crippen molar-refractivity contribution < 1.29 is 0 Å². The standard InChI is InChI=1S/C12H12P2S4/c1-9-3-5-11(7-9)13(15)17-14(16,18-13)12-6-4-10(2)8-12/h3-8H,1-2H3. The summed E-state index contributed by atoms with van der Waals surface area (Å²) in [5.74, 6) is 2.61. The summed E-state index contributed by atoms with van der Waals surface area (Å²) in [5.41, 5.74) is 2.68. The Bertz CT molecular complexity index is 384. The zero-order valence-electron chi connectivity index (χ0n) is 9.99. The van der Waals surface area contributed by atoms with Gasteiger partial charge in [-0.15, -0.1) is 0 Å². The zero-order chi connectivity index (χ0) is 13.0. The van der Waals surface area contributed by atoms with Crippen molar-refractivity contribution in [2.45, 2.75) is 13.8 Å². The Balaban J connectivity index is 1.65. The maximum atomic E-state index is 5.87. The van der Waals surface area contributed by atoms with Gasteiger partial charge in [0.25, 0.3) is 0 Å². The third-order valence-corrected chi connectivity index (χ3v) is 34.0.